The van der Waals surface area contributed by atoms with Crippen LogP contribution < -0.4 is 10.1 Å². The fraction of sp³-hybridized carbons (Fsp3) is 0.591. The average Bonchev–Trinajstić information content (AvgIpc) is 2.58. The number of rotatable bonds is 9. The van der Waals surface area contributed by atoms with Crippen molar-refractivity contribution >= 4 is 17.8 Å². The van der Waals surface area contributed by atoms with Gasteiger partial charge in [0.15, 0.2) is 0 Å². The summed E-state index contributed by atoms with van der Waals surface area (Å²) in [6.07, 6.45) is -4.02. The van der Waals surface area contributed by atoms with Gasteiger partial charge in [0.25, 0.3) is 0 Å². The van der Waals surface area contributed by atoms with Crippen LogP contribution in [0.1, 0.15) is 70.3 Å². The smallest absolute Gasteiger partial charge is 0.416 e. The van der Waals surface area contributed by atoms with Crippen LogP contribution in [-0.4, -0.2) is 29.0 Å². The lowest BCUT2D eigenvalue weighted by molar-refractivity contribution is -0.142. The number of carboxylic acid groups (broad SMARTS) is 1. The van der Waals surface area contributed by atoms with E-state index in [1.807, 2.05) is 13.8 Å². The number of nitrogens with one attached hydrogen (secondary N) is 1. The number of carboxylic acids is 1. The minimum absolute atomic E-state index is 0.0495. The molecule has 31 heavy (non-hydrogen) atoms. The van der Waals surface area contributed by atoms with Crippen LogP contribution in [0, 0.1) is 17.3 Å². The monoisotopic (exact) mass is 445 g/mol. The molecule has 1 atom stereocenters. The lowest BCUT2D eigenvalue weighted by atomic mass is 9.83. The molecule has 0 saturated heterocycles. The first kappa shape index (κ1) is 26.5. The van der Waals surface area contributed by atoms with Crippen LogP contribution in [0.2, 0.25) is 0 Å². The van der Waals surface area contributed by atoms with Crippen LogP contribution in [0.5, 0.6) is 5.75 Å². The van der Waals surface area contributed by atoms with E-state index < -0.39 is 52.4 Å². The molecule has 9 heteroatoms. The van der Waals surface area contributed by atoms with Gasteiger partial charge >= 0.3 is 18.1 Å². The van der Waals surface area contributed by atoms with E-state index in [9.17, 15) is 32.7 Å². The number of carbonyl (C=O) groups is 3. The number of ether oxygens (including phenoxy) is 1. The van der Waals surface area contributed by atoms with Crippen molar-refractivity contribution in [1.29, 1.82) is 0 Å². The number of carbonyl (C=O) groups excluding carboxylic acids is 2. The molecule has 0 aliphatic heterocycles. The fourth-order valence-electron chi connectivity index (χ4n) is 3.29. The van der Waals surface area contributed by atoms with E-state index in [-0.39, 0.29) is 18.3 Å². The minimum atomic E-state index is -4.75. The summed E-state index contributed by atoms with van der Waals surface area (Å²) in [5.74, 6) is -3.52. The van der Waals surface area contributed by atoms with Gasteiger partial charge in [0.05, 0.1) is 5.56 Å². The summed E-state index contributed by atoms with van der Waals surface area (Å²) >= 11 is 0. The van der Waals surface area contributed by atoms with Gasteiger partial charge in [0.1, 0.15) is 17.4 Å². The molecular formula is C22H30F3NO5. The Balaban J connectivity index is 3.20. The molecule has 0 fully saturated rings. The highest BCUT2D eigenvalue weighted by molar-refractivity contribution is 5.93. The first-order valence-electron chi connectivity index (χ1n) is 10.0. The highest BCUT2D eigenvalue weighted by Crippen LogP contribution is 2.33. The molecule has 0 aliphatic rings. The molecule has 1 aromatic carbocycles. The molecule has 1 unspecified atom stereocenters. The van der Waals surface area contributed by atoms with Gasteiger partial charge in [-0.2, -0.15) is 13.2 Å². The Morgan fingerprint density at radius 2 is 1.65 bits per heavy atom. The van der Waals surface area contributed by atoms with E-state index in [0.717, 1.165) is 6.07 Å². The first-order valence-corrected chi connectivity index (χ1v) is 10.0. The van der Waals surface area contributed by atoms with Gasteiger partial charge in [-0.3, -0.25) is 4.79 Å². The second-order valence-electron chi connectivity index (χ2n) is 9.07. The maximum atomic E-state index is 13.0. The molecule has 0 radical (unpaired) electrons. The number of esters is 1. The molecular weight excluding hydrogens is 415 g/mol. The average molecular weight is 445 g/mol. The Kier molecular flexibility index (Phi) is 8.66. The Bertz CT molecular complexity index is 816. The Labute approximate surface area is 180 Å². The molecule has 1 rings (SSSR count). The summed E-state index contributed by atoms with van der Waals surface area (Å²) in [5, 5.41) is 11.9. The fourth-order valence-corrected chi connectivity index (χ4v) is 3.29. The van der Waals surface area contributed by atoms with Crippen molar-refractivity contribution in [3.63, 3.8) is 0 Å². The summed E-state index contributed by atoms with van der Waals surface area (Å²) in [4.78, 5) is 36.9. The molecule has 174 valence electrons. The number of alkyl halides is 3. The van der Waals surface area contributed by atoms with Gasteiger partial charge in [-0.05, 0) is 42.9 Å². The van der Waals surface area contributed by atoms with Gasteiger partial charge in [0.2, 0.25) is 5.91 Å². The Hall–Kier alpha value is -2.58. The number of amides is 1. The third-order valence-electron chi connectivity index (χ3n) is 4.58. The number of aromatic carboxylic acids is 1. The van der Waals surface area contributed by atoms with Crippen LogP contribution in [0.25, 0.3) is 0 Å². The molecule has 1 amide bonds. The van der Waals surface area contributed by atoms with Crippen LogP contribution in [0.4, 0.5) is 13.2 Å². The highest BCUT2D eigenvalue weighted by Gasteiger charge is 2.35. The molecule has 0 bridgehead atoms. The van der Waals surface area contributed by atoms with Gasteiger partial charge in [-0.15, -0.1) is 0 Å². The minimum Gasteiger partial charge on any atom is -0.478 e. The molecule has 0 heterocycles. The number of hydrogen-bond acceptors (Lipinski definition) is 4. The van der Waals surface area contributed by atoms with Crippen molar-refractivity contribution in [3.05, 3.63) is 29.3 Å². The summed E-state index contributed by atoms with van der Waals surface area (Å²) < 4.78 is 44.2. The predicted molar refractivity (Wildman–Crippen MR) is 109 cm³/mol. The zero-order valence-corrected chi connectivity index (χ0v) is 18.6. The zero-order valence-electron chi connectivity index (χ0n) is 18.6. The highest BCUT2D eigenvalue weighted by atomic mass is 19.4. The summed E-state index contributed by atoms with van der Waals surface area (Å²) in [6, 6.07) is 0.659. The zero-order chi connectivity index (χ0) is 24.1. The maximum absolute atomic E-state index is 13.0. The van der Waals surface area contributed by atoms with E-state index >= 15 is 0 Å². The topological polar surface area (TPSA) is 92.7 Å². The van der Waals surface area contributed by atoms with E-state index in [1.54, 1.807) is 27.7 Å². The van der Waals surface area contributed by atoms with E-state index in [2.05, 4.69) is 5.32 Å². The third-order valence-corrected chi connectivity index (χ3v) is 4.58. The molecule has 0 aliphatic carbocycles. The first-order chi connectivity index (χ1) is 14.0. The summed E-state index contributed by atoms with van der Waals surface area (Å²) in [7, 11) is 0. The van der Waals surface area contributed by atoms with Crippen molar-refractivity contribution in [2.75, 3.05) is 0 Å². The van der Waals surface area contributed by atoms with Crippen LogP contribution >= 0.6 is 0 Å². The summed E-state index contributed by atoms with van der Waals surface area (Å²) in [6.45, 7) is 11.0. The Morgan fingerprint density at radius 3 is 2.10 bits per heavy atom. The quantitative estimate of drug-likeness (QED) is 0.416. The molecule has 0 aromatic heterocycles. The van der Waals surface area contributed by atoms with Crippen molar-refractivity contribution in [2.24, 2.45) is 17.3 Å². The van der Waals surface area contributed by atoms with Gasteiger partial charge in [-0.25, -0.2) is 9.59 Å². The second kappa shape index (κ2) is 10.2. The van der Waals surface area contributed by atoms with Crippen LogP contribution in [-0.2, 0) is 15.8 Å². The van der Waals surface area contributed by atoms with E-state index in [0.29, 0.717) is 18.6 Å². The predicted octanol–water partition coefficient (Wildman–Crippen LogP) is 4.91. The van der Waals surface area contributed by atoms with Crippen molar-refractivity contribution in [2.45, 2.75) is 66.6 Å². The maximum Gasteiger partial charge on any atom is 0.416 e. The van der Waals surface area contributed by atoms with Gasteiger partial charge < -0.3 is 15.2 Å². The van der Waals surface area contributed by atoms with Crippen LogP contribution in [0.3, 0.4) is 0 Å². The molecule has 0 saturated carbocycles. The van der Waals surface area contributed by atoms with Crippen molar-refractivity contribution in [1.82, 2.24) is 5.32 Å². The third kappa shape index (κ3) is 7.88. The number of halogens is 3. The van der Waals surface area contributed by atoms with E-state index in [4.69, 9.17) is 4.74 Å². The molecule has 0 spiro atoms. The lowest BCUT2D eigenvalue weighted by Crippen LogP contribution is -2.49. The number of benzene rings is 1. The number of hydrogen-bond donors (Lipinski definition) is 2. The van der Waals surface area contributed by atoms with Crippen LogP contribution in [0.15, 0.2) is 18.2 Å². The second-order valence-corrected chi connectivity index (χ2v) is 9.07. The van der Waals surface area contributed by atoms with Gasteiger partial charge in [-0.1, -0.05) is 41.5 Å². The normalized spacial score (nSPS) is 13.3. The summed E-state index contributed by atoms with van der Waals surface area (Å²) in [5.41, 5.74) is -2.52. The van der Waals surface area contributed by atoms with Gasteiger partial charge in [0, 0.05) is 5.41 Å². The standard InChI is InChI=1S/C22H30F3NO5/c1-12(2)9-16(26-20(30)21(5,6)11-13(3)4)19(29)31-17-10-14(22(23,24)25)7-8-15(17)18(27)28/h7-8,10,12-13,16H,9,11H2,1-6H3,(H,26,30)(H,27,28). The van der Waals surface area contributed by atoms with Crippen molar-refractivity contribution < 1.29 is 37.4 Å². The van der Waals surface area contributed by atoms with E-state index in [1.165, 1.54) is 0 Å². The Morgan fingerprint density at radius 1 is 1.06 bits per heavy atom. The molecule has 6 nitrogen and oxygen atoms in total. The molecule has 2 N–H and O–H groups in total. The largest absolute Gasteiger partial charge is 0.478 e. The van der Waals surface area contributed by atoms with Crippen molar-refractivity contribution in [3.8, 4) is 5.75 Å². The SMILES string of the molecule is CC(C)CC(NC(=O)C(C)(C)CC(C)C)C(=O)Oc1cc(C(F)(F)F)ccc1C(=O)O. The lowest BCUT2D eigenvalue weighted by Gasteiger charge is -2.28. The molecule has 1 aromatic rings.